The zero-order chi connectivity index (χ0) is 28.6. The molecule has 40 heavy (non-hydrogen) atoms. The second kappa shape index (κ2) is 10.8. The first-order valence-corrected chi connectivity index (χ1v) is 12.7. The largest absolute Gasteiger partial charge is 0.432 e. The molecule has 0 saturated carbocycles. The van der Waals surface area contributed by atoms with Gasteiger partial charge in [0.05, 0.1) is 10.2 Å². The van der Waals surface area contributed by atoms with E-state index < -0.39 is 46.5 Å². The fourth-order valence-electron chi connectivity index (χ4n) is 4.13. The third-order valence-electron chi connectivity index (χ3n) is 6.09. The van der Waals surface area contributed by atoms with Crippen LogP contribution in [0.2, 0.25) is 0 Å². The number of benzene rings is 4. The van der Waals surface area contributed by atoms with Gasteiger partial charge in [0.25, 0.3) is 0 Å². The van der Waals surface area contributed by atoms with Crippen LogP contribution in [0.4, 0.5) is 30.7 Å². The van der Waals surface area contributed by atoms with Gasteiger partial charge < -0.3 is 4.74 Å². The molecule has 0 N–H and O–H groups in total. The smallest absolute Gasteiger partial charge is 0.429 e. The summed E-state index contributed by atoms with van der Waals surface area (Å²) in [5.74, 6) is -9.95. The van der Waals surface area contributed by atoms with Crippen molar-refractivity contribution in [2.75, 3.05) is 0 Å². The highest BCUT2D eigenvalue weighted by Crippen LogP contribution is 2.38. The van der Waals surface area contributed by atoms with E-state index in [2.05, 4.69) is 22.4 Å². The summed E-state index contributed by atoms with van der Waals surface area (Å²) in [5, 5.41) is 0.737. The number of hydrogen-bond donors (Lipinski definition) is 0. The van der Waals surface area contributed by atoms with Crippen LogP contribution >= 0.6 is 11.3 Å². The third kappa shape index (κ3) is 5.44. The van der Waals surface area contributed by atoms with Crippen LogP contribution in [0.1, 0.15) is 17.5 Å². The average Bonchev–Trinajstić information content (AvgIpc) is 3.33. The summed E-state index contributed by atoms with van der Waals surface area (Å²) < 4.78 is 104. The van der Waals surface area contributed by atoms with Gasteiger partial charge in [-0.3, -0.25) is 0 Å². The fraction of sp³-hybridized carbons (Fsp3) is 0.100. The molecular weight excluding hydrogens is 555 g/mol. The lowest BCUT2D eigenvalue weighted by atomic mass is 10.0. The average molecular weight is 574 g/mol. The van der Waals surface area contributed by atoms with E-state index in [1.54, 1.807) is 24.3 Å². The van der Waals surface area contributed by atoms with Gasteiger partial charge in [-0.25, -0.2) is 26.9 Å². The first-order chi connectivity index (χ1) is 19.1. The molecule has 10 heteroatoms. The van der Waals surface area contributed by atoms with E-state index >= 15 is 0 Å². The van der Waals surface area contributed by atoms with Crippen molar-refractivity contribution < 1.29 is 35.5 Å². The van der Waals surface area contributed by atoms with Crippen molar-refractivity contribution in [1.82, 2.24) is 4.98 Å². The predicted octanol–water partition coefficient (Wildman–Crippen LogP) is 9.57. The number of ether oxygens (including phenoxy) is 1. The van der Waals surface area contributed by atoms with Crippen LogP contribution in [0.5, 0.6) is 5.75 Å². The minimum Gasteiger partial charge on any atom is -0.429 e. The second-order valence-electron chi connectivity index (χ2n) is 8.86. The maximum atomic E-state index is 14.8. The van der Waals surface area contributed by atoms with E-state index in [9.17, 15) is 30.7 Å². The zero-order valence-corrected chi connectivity index (χ0v) is 21.3. The van der Waals surface area contributed by atoms with Crippen LogP contribution in [0.3, 0.4) is 0 Å². The second-order valence-corrected chi connectivity index (χ2v) is 9.89. The SMILES string of the molecule is C=CCCc1ccc2nc(-c3ccc(-c4cc(F)c(C(F)(F)Oc5cc(F)c(F)c(F)c5)c(F)c4)cc3)sc2c1. The number of allylic oxidation sites excluding steroid dienone is 1. The van der Waals surface area contributed by atoms with Crippen molar-refractivity contribution in [3.63, 3.8) is 0 Å². The molecule has 1 aromatic heterocycles. The van der Waals surface area contributed by atoms with Crippen molar-refractivity contribution in [1.29, 1.82) is 0 Å². The summed E-state index contributed by atoms with van der Waals surface area (Å²) >= 11 is 1.49. The number of hydrogen-bond acceptors (Lipinski definition) is 3. The Labute approximate surface area is 228 Å². The first kappa shape index (κ1) is 27.4. The lowest BCUT2D eigenvalue weighted by Crippen LogP contribution is -2.25. The van der Waals surface area contributed by atoms with Crippen LogP contribution < -0.4 is 4.74 Å². The number of fused-ring (bicyclic) bond motifs is 1. The fourth-order valence-corrected chi connectivity index (χ4v) is 5.16. The minimum atomic E-state index is -4.66. The highest BCUT2D eigenvalue weighted by molar-refractivity contribution is 7.21. The van der Waals surface area contributed by atoms with Crippen molar-refractivity contribution in [2.24, 2.45) is 0 Å². The number of aryl methyl sites for hydroxylation is 1. The van der Waals surface area contributed by atoms with Gasteiger partial charge in [-0.2, -0.15) is 8.78 Å². The Morgan fingerprint density at radius 1 is 0.775 bits per heavy atom. The number of aromatic nitrogens is 1. The Balaban J connectivity index is 1.39. The molecule has 204 valence electrons. The van der Waals surface area contributed by atoms with Gasteiger partial charge >= 0.3 is 6.11 Å². The van der Waals surface area contributed by atoms with E-state index in [1.807, 2.05) is 18.2 Å². The molecule has 0 bridgehead atoms. The summed E-state index contributed by atoms with van der Waals surface area (Å²) in [7, 11) is 0. The summed E-state index contributed by atoms with van der Waals surface area (Å²) in [6.07, 6.45) is -1.08. The summed E-state index contributed by atoms with van der Waals surface area (Å²) in [4.78, 5) is 4.64. The number of rotatable bonds is 8. The van der Waals surface area contributed by atoms with E-state index in [0.717, 1.165) is 33.6 Å². The summed E-state index contributed by atoms with van der Waals surface area (Å²) in [6.45, 7) is 3.73. The van der Waals surface area contributed by atoms with Crippen LogP contribution in [-0.4, -0.2) is 4.98 Å². The molecule has 2 nitrogen and oxygen atoms in total. The van der Waals surface area contributed by atoms with Crippen LogP contribution in [0.15, 0.2) is 79.4 Å². The molecular formula is C30H18F7NOS. The Hall–Kier alpha value is -4.18. The number of nitrogens with zero attached hydrogens (tertiary/aromatic N) is 1. The van der Waals surface area contributed by atoms with Gasteiger partial charge in [-0.1, -0.05) is 36.4 Å². The molecule has 0 saturated heterocycles. The van der Waals surface area contributed by atoms with Crippen molar-refractivity contribution >= 4 is 21.6 Å². The van der Waals surface area contributed by atoms with E-state index in [4.69, 9.17) is 0 Å². The van der Waals surface area contributed by atoms with E-state index in [1.165, 1.54) is 16.9 Å². The maximum absolute atomic E-state index is 14.8. The first-order valence-electron chi connectivity index (χ1n) is 11.9. The van der Waals surface area contributed by atoms with Crippen molar-refractivity contribution in [3.05, 3.63) is 120 Å². The Morgan fingerprint density at radius 2 is 1.40 bits per heavy atom. The van der Waals surface area contributed by atoms with Crippen molar-refractivity contribution in [2.45, 2.75) is 19.0 Å². The lowest BCUT2D eigenvalue weighted by molar-refractivity contribution is -0.189. The Kier molecular flexibility index (Phi) is 7.37. The summed E-state index contributed by atoms with van der Waals surface area (Å²) in [5.41, 5.74) is 1.30. The van der Waals surface area contributed by atoms with Gasteiger partial charge in [0.1, 0.15) is 28.0 Å². The van der Waals surface area contributed by atoms with E-state index in [-0.39, 0.29) is 17.7 Å². The molecule has 0 fully saturated rings. The van der Waals surface area contributed by atoms with Gasteiger partial charge in [0, 0.05) is 17.7 Å². The van der Waals surface area contributed by atoms with Gasteiger partial charge in [-0.15, -0.1) is 17.9 Å². The molecule has 5 aromatic rings. The van der Waals surface area contributed by atoms with Crippen LogP contribution in [0.25, 0.3) is 31.9 Å². The highest BCUT2D eigenvalue weighted by atomic mass is 32.1. The molecule has 0 aliphatic carbocycles. The number of thiazole rings is 1. The maximum Gasteiger partial charge on any atom is 0.432 e. The van der Waals surface area contributed by atoms with Crippen LogP contribution in [0, 0.1) is 29.1 Å². The Bertz CT molecular complexity index is 1680. The zero-order valence-electron chi connectivity index (χ0n) is 20.5. The third-order valence-corrected chi connectivity index (χ3v) is 7.16. The molecule has 0 aliphatic heterocycles. The summed E-state index contributed by atoms with van der Waals surface area (Å²) in [6, 6.07) is 14.2. The molecule has 0 unspecified atom stereocenters. The Morgan fingerprint density at radius 3 is 2.02 bits per heavy atom. The molecule has 0 atom stereocenters. The number of halogens is 7. The van der Waals surface area contributed by atoms with Gasteiger partial charge in [0.15, 0.2) is 17.5 Å². The molecule has 0 amide bonds. The molecule has 0 aliphatic rings. The molecule has 5 rings (SSSR count). The number of alkyl halides is 2. The normalized spacial score (nSPS) is 11.7. The topological polar surface area (TPSA) is 22.1 Å². The quantitative estimate of drug-likeness (QED) is 0.105. The minimum absolute atomic E-state index is 0.0314. The van der Waals surface area contributed by atoms with Crippen molar-refractivity contribution in [3.8, 4) is 27.4 Å². The molecule has 4 aromatic carbocycles. The van der Waals surface area contributed by atoms with Gasteiger partial charge in [0.2, 0.25) is 0 Å². The lowest BCUT2D eigenvalue weighted by Gasteiger charge is -2.20. The van der Waals surface area contributed by atoms with Gasteiger partial charge in [-0.05, 0) is 53.8 Å². The molecule has 0 spiro atoms. The van der Waals surface area contributed by atoms with E-state index in [0.29, 0.717) is 17.7 Å². The molecule has 0 radical (unpaired) electrons. The molecule has 1 heterocycles. The predicted molar refractivity (Wildman–Crippen MR) is 140 cm³/mol. The highest BCUT2D eigenvalue weighted by Gasteiger charge is 2.41. The standard InChI is InChI=1S/C30H18F7NOS/c1-2-3-4-16-5-10-25-26(11-16)40-29(38-25)18-8-6-17(7-9-18)19-12-21(31)27(22(32)13-19)30(36,37)39-20-14-23(33)28(35)24(34)15-20/h2,5-15H,1,3-4H2. The van der Waals surface area contributed by atoms with Crippen LogP contribution in [-0.2, 0) is 12.5 Å². The monoisotopic (exact) mass is 573 g/mol.